The first-order valence-electron chi connectivity index (χ1n) is 9.86. The maximum Gasteiger partial charge on any atom is 0.506 e. The Balaban J connectivity index is 2.28. The van der Waals surface area contributed by atoms with Crippen LogP contribution in [0.2, 0.25) is 0 Å². The summed E-state index contributed by atoms with van der Waals surface area (Å²) in [7, 11) is 1.39. The van der Waals surface area contributed by atoms with Gasteiger partial charge in [0.25, 0.3) is 0 Å². The zero-order chi connectivity index (χ0) is 20.4. The van der Waals surface area contributed by atoms with Gasteiger partial charge in [0.05, 0.1) is 7.11 Å². The highest BCUT2D eigenvalue weighted by atomic mass is 16.7. The van der Waals surface area contributed by atoms with Gasteiger partial charge in [0, 0.05) is 6.08 Å². The zero-order valence-electron chi connectivity index (χ0n) is 17.5. The number of carbonyl (C=O) groups excluding carboxylic acids is 1. The van der Waals surface area contributed by atoms with Crippen LogP contribution in [0.25, 0.3) is 0 Å². The molecule has 27 heavy (non-hydrogen) atoms. The minimum absolute atomic E-state index is 0.0495. The van der Waals surface area contributed by atoms with Crippen molar-refractivity contribution in [1.29, 1.82) is 0 Å². The molecule has 0 radical (unpaired) electrons. The van der Waals surface area contributed by atoms with Gasteiger partial charge in [-0.25, -0.2) is 9.59 Å². The maximum absolute atomic E-state index is 11.5. The molecule has 1 fully saturated rings. The fourth-order valence-corrected chi connectivity index (χ4v) is 5.29. The van der Waals surface area contributed by atoms with Gasteiger partial charge in [-0.3, -0.25) is 0 Å². The molecule has 1 N–H and O–H groups in total. The lowest BCUT2D eigenvalue weighted by Gasteiger charge is -2.58. The summed E-state index contributed by atoms with van der Waals surface area (Å²) in [6, 6.07) is 0. The van der Waals surface area contributed by atoms with E-state index in [0.29, 0.717) is 11.8 Å². The molecule has 2 aliphatic rings. The number of ether oxygens (including phenoxy) is 2. The van der Waals surface area contributed by atoms with Gasteiger partial charge in [-0.2, -0.15) is 0 Å². The van der Waals surface area contributed by atoms with Crippen molar-refractivity contribution in [2.24, 2.45) is 22.7 Å². The van der Waals surface area contributed by atoms with Crippen LogP contribution in [0.15, 0.2) is 23.3 Å². The summed E-state index contributed by atoms with van der Waals surface area (Å²) in [5, 5.41) is 9.08. The molecule has 0 amide bonds. The lowest BCUT2D eigenvalue weighted by atomic mass is 9.46. The van der Waals surface area contributed by atoms with E-state index in [0.717, 1.165) is 37.7 Å². The van der Waals surface area contributed by atoms with Crippen LogP contribution in [-0.2, 0) is 14.3 Å². The highest BCUT2D eigenvalue weighted by Gasteiger charge is 2.54. The molecule has 0 bridgehead atoms. The van der Waals surface area contributed by atoms with Gasteiger partial charge in [-0.05, 0) is 74.7 Å². The summed E-state index contributed by atoms with van der Waals surface area (Å²) in [4.78, 5) is 22.6. The number of carboxylic acid groups (broad SMARTS) is 1. The van der Waals surface area contributed by atoms with Crippen molar-refractivity contribution in [3.05, 3.63) is 23.3 Å². The minimum atomic E-state index is -1.21. The molecule has 0 aromatic rings. The van der Waals surface area contributed by atoms with Crippen molar-refractivity contribution in [2.45, 2.75) is 72.8 Å². The van der Waals surface area contributed by atoms with Gasteiger partial charge in [-0.15, -0.1) is 0 Å². The number of hydrogen-bond acceptors (Lipinski definition) is 4. The van der Waals surface area contributed by atoms with Crippen LogP contribution >= 0.6 is 0 Å². The highest BCUT2D eigenvalue weighted by Crippen LogP contribution is 2.62. The Morgan fingerprint density at radius 2 is 2.04 bits per heavy atom. The second kappa shape index (κ2) is 8.07. The Labute approximate surface area is 162 Å². The van der Waals surface area contributed by atoms with Crippen molar-refractivity contribution in [2.75, 3.05) is 7.11 Å². The van der Waals surface area contributed by atoms with Gasteiger partial charge in [0.15, 0.2) is 0 Å². The third-order valence-corrected chi connectivity index (χ3v) is 7.47. The molecule has 0 aliphatic heterocycles. The van der Waals surface area contributed by atoms with Gasteiger partial charge in [0.2, 0.25) is 0 Å². The fourth-order valence-electron chi connectivity index (χ4n) is 5.29. The van der Waals surface area contributed by atoms with E-state index < -0.39 is 6.16 Å². The molecule has 0 heterocycles. The van der Waals surface area contributed by atoms with E-state index in [9.17, 15) is 9.59 Å². The van der Waals surface area contributed by atoms with Crippen LogP contribution in [0.4, 0.5) is 4.79 Å². The predicted octanol–water partition coefficient (Wildman–Crippen LogP) is 5.36. The van der Waals surface area contributed by atoms with Gasteiger partial charge < -0.3 is 14.6 Å². The third-order valence-electron chi connectivity index (χ3n) is 7.47. The van der Waals surface area contributed by atoms with Gasteiger partial charge >= 0.3 is 12.1 Å². The van der Waals surface area contributed by atoms with E-state index in [2.05, 4.69) is 27.7 Å². The zero-order valence-corrected chi connectivity index (χ0v) is 17.5. The highest BCUT2D eigenvalue weighted by molar-refractivity contribution is 5.82. The molecule has 0 unspecified atom stereocenters. The standard InChI is InChI=1S/C22H34O5/c1-14(11-19(23)26-6)7-9-21(4)15(2)8-10-22(5)16(3)12-17(13-18(21)22)27-20(24)25/h11-12,15,17-18H,7-10,13H2,1-6H3,(H,24,25)/b14-11-/t15-,17-,18-,21+,22+/m1/s1. The molecule has 0 aromatic carbocycles. The first kappa shape index (κ1) is 21.5. The van der Waals surface area contributed by atoms with E-state index in [4.69, 9.17) is 14.6 Å². The Morgan fingerprint density at radius 3 is 2.63 bits per heavy atom. The van der Waals surface area contributed by atoms with Gasteiger partial charge in [-0.1, -0.05) is 31.9 Å². The molecule has 5 heteroatoms. The Morgan fingerprint density at radius 1 is 1.37 bits per heavy atom. The third kappa shape index (κ3) is 4.39. The average Bonchev–Trinajstić information content (AvgIpc) is 2.59. The molecule has 5 atom stereocenters. The molecule has 1 saturated carbocycles. The fraction of sp³-hybridized carbons (Fsp3) is 0.727. The number of methoxy groups -OCH3 is 1. The van der Waals surface area contributed by atoms with Crippen LogP contribution in [0.1, 0.15) is 66.7 Å². The van der Waals surface area contributed by atoms with E-state index in [1.54, 1.807) is 6.08 Å². The molecule has 152 valence electrons. The van der Waals surface area contributed by atoms with Crippen molar-refractivity contribution in [3.63, 3.8) is 0 Å². The molecule has 0 spiro atoms. The monoisotopic (exact) mass is 378 g/mol. The molecular weight excluding hydrogens is 344 g/mol. The summed E-state index contributed by atoms with van der Waals surface area (Å²) in [5.74, 6) is 0.553. The summed E-state index contributed by atoms with van der Waals surface area (Å²) < 4.78 is 9.88. The van der Waals surface area contributed by atoms with E-state index in [1.807, 2.05) is 13.0 Å². The quantitative estimate of drug-likeness (QED) is 0.396. The summed E-state index contributed by atoms with van der Waals surface area (Å²) >= 11 is 0. The number of allylic oxidation sites excluding steroid dienone is 2. The Kier molecular flexibility index (Phi) is 6.43. The van der Waals surface area contributed by atoms with Crippen molar-refractivity contribution < 1.29 is 24.2 Å². The maximum atomic E-state index is 11.5. The molecule has 0 saturated heterocycles. The number of rotatable bonds is 5. The van der Waals surface area contributed by atoms with E-state index in [1.165, 1.54) is 12.7 Å². The van der Waals surface area contributed by atoms with Crippen LogP contribution in [-0.4, -0.2) is 30.4 Å². The smallest absolute Gasteiger partial charge is 0.466 e. The lowest BCUT2D eigenvalue weighted by Crippen LogP contribution is -2.51. The van der Waals surface area contributed by atoms with Crippen LogP contribution in [0.3, 0.4) is 0 Å². The number of carbonyl (C=O) groups is 2. The molecule has 0 aromatic heterocycles. The first-order chi connectivity index (χ1) is 12.5. The minimum Gasteiger partial charge on any atom is -0.466 e. The largest absolute Gasteiger partial charge is 0.506 e. The average molecular weight is 379 g/mol. The second-order valence-electron chi connectivity index (χ2n) is 8.94. The second-order valence-corrected chi connectivity index (χ2v) is 8.94. The van der Waals surface area contributed by atoms with Crippen molar-refractivity contribution in [1.82, 2.24) is 0 Å². The summed E-state index contributed by atoms with van der Waals surface area (Å²) in [5.41, 5.74) is 2.38. The topological polar surface area (TPSA) is 72.8 Å². The van der Waals surface area contributed by atoms with Crippen molar-refractivity contribution >= 4 is 12.1 Å². The van der Waals surface area contributed by atoms with Gasteiger partial charge in [0.1, 0.15) is 6.10 Å². The van der Waals surface area contributed by atoms with Crippen LogP contribution in [0.5, 0.6) is 0 Å². The SMILES string of the molecule is COC(=O)/C=C(/C)CC[C@@]1(C)[C@H](C)CC[C@@]2(C)C(C)=C[C@@H](OC(=O)O)C[C@H]12. The van der Waals surface area contributed by atoms with E-state index >= 15 is 0 Å². The predicted molar refractivity (Wildman–Crippen MR) is 104 cm³/mol. The Hall–Kier alpha value is -1.78. The first-order valence-corrected chi connectivity index (χ1v) is 9.86. The molecule has 2 aliphatic carbocycles. The summed E-state index contributed by atoms with van der Waals surface area (Å²) in [6.45, 7) is 11.0. The number of esters is 1. The molecular formula is C22H34O5. The number of hydrogen-bond donors (Lipinski definition) is 1. The lowest BCUT2D eigenvalue weighted by molar-refractivity contribution is -0.134. The Bertz CT molecular complexity index is 649. The van der Waals surface area contributed by atoms with Crippen LogP contribution < -0.4 is 0 Å². The number of fused-ring (bicyclic) bond motifs is 1. The molecule has 2 rings (SSSR count). The van der Waals surface area contributed by atoms with Crippen LogP contribution in [0, 0.1) is 22.7 Å². The van der Waals surface area contributed by atoms with Crippen molar-refractivity contribution in [3.8, 4) is 0 Å². The molecule has 5 nitrogen and oxygen atoms in total. The van der Waals surface area contributed by atoms with E-state index in [-0.39, 0.29) is 22.9 Å². The normalized spacial score (nSPS) is 36.4. The summed E-state index contributed by atoms with van der Waals surface area (Å²) in [6.07, 6.45) is 6.76.